The number of carbonyl (C=O) groups excluding carboxylic acids is 1. The van der Waals surface area contributed by atoms with E-state index in [2.05, 4.69) is 6.58 Å². The van der Waals surface area contributed by atoms with Gasteiger partial charge >= 0.3 is 0 Å². The van der Waals surface area contributed by atoms with Gasteiger partial charge in [-0.3, -0.25) is 0 Å². The van der Waals surface area contributed by atoms with Crippen molar-refractivity contribution >= 4 is 6.29 Å². The molecule has 0 amide bonds. The monoisotopic (exact) mass is 152 g/mol. The lowest BCUT2D eigenvalue weighted by Crippen LogP contribution is -2.23. The lowest BCUT2D eigenvalue weighted by molar-refractivity contribution is -0.116. The number of aldehydes is 1. The summed E-state index contributed by atoms with van der Waals surface area (Å²) in [6.07, 6.45) is 4.46. The van der Waals surface area contributed by atoms with Gasteiger partial charge in [0.1, 0.15) is 6.29 Å². The zero-order valence-electron chi connectivity index (χ0n) is 7.39. The summed E-state index contributed by atoms with van der Waals surface area (Å²) < 4.78 is 0. The molecule has 1 aliphatic rings. The van der Waals surface area contributed by atoms with Gasteiger partial charge in [-0.1, -0.05) is 25.5 Å². The van der Waals surface area contributed by atoms with Crippen molar-refractivity contribution in [3.05, 3.63) is 12.2 Å². The van der Waals surface area contributed by atoms with Crippen LogP contribution in [-0.4, -0.2) is 6.29 Å². The minimum atomic E-state index is -0.105. The van der Waals surface area contributed by atoms with Crippen molar-refractivity contribution in [3.63, 3.8) is 0 Å². The lowest BCUT2D eigenvalue weighted by Gasteiger charge is -2.25. The second-order valence-corrected chi connectivity index (χ2v) is 3.91. The first kappa shape index (κ1) is 8.51. The maximum atomic E-state index is 10.8. The minimum absolute atomic E-state index is 0.105. The van der Waals surface area contributed by atoms with Gasteiger partial charge in [0.05, 0.1) is 0 Å². The Morgan fingerprint density at radius 1 is 1.73 bits per heavy atom. The third kappa shape index (κ3) is 1.37. The maximum absolute atomic E-state index is 10.8. The van der Waals surface area contributed by atoms with Crippen LogP contribution in [0.25, 0.3) is 0 Å². The molecule has 0 spiro atoms. The van der Waals surface area contributed by atoms with Crippen LogP contribution in [0.1, 0.15) is 33.1 Å². The molecule has 0 N–H and O–H groups in total. The standard InChI is InChI=1S/C10H16O/c1-8(2)9-5-4-6-10(9,3)7-11/h7,9H,1,4-6H2,2-3H3. The van der Waals surface area contributed by atoms with E-state index in [1.807, 2.05) is 13.8 Å². The molecule has 1 nitrogen and oxygen atoms in total. The van der Waals surface area contributed by atoms with E-state index in [4.69, 9.17) is 0 Å². The molecule has 0 heterocycles. The van der Waals surface area contributed by atoms with Crippen LogP contribution in [0.2, 0.25) is 0 Å². The molecule has 62 valence electrons. The lowest BCUT2D eigenvalue weighted by atomic mass is 9.78. The van der Waals surface area contributed by atoms with E-state index in [1.165, 1.54) is 6.42 Å². The molecule has 0 bridgehead atoms. The van der Waals surface area contributed by atoms with Gasteiger partial charge in [-0.05, 0) is 25.7 Å². The number of hydrogen-bond acceptors (Lipinski definition) is 1. The molecule has 0 saturated heterocycles. The zero-order valence-corrected chi connectivity index (χ0v) is 7.39. The Morgan fingerprint density at radius 2 is 2.36 bits per heavy atom. The summed E-state index contributed by atoms with van der Waals surface area (Å²) in [6.45, 7) is 8.00. The maximum Gasteiger partial charge on any atom is 0.126 e. The Labute approximate surface area is 68.5 Å². The fourth-order valence-corrected chi connectivity index (χ4v) is 2.14. The van der Waals surface area contributed by atoms with Crippen molar-refractivity contribution in [2.45, 2.75) is 33.1 Å². The van der Waals surface area contributed by atoms with Gasteiger partial charge in [0, 0.05) is 5.41 Å². The number of carbonyl (C=O) groups is 1. The number of rotatable bonds is 2. The van der Waals surface area contributed by atoms with E-state index in [0.29, 0.717) is 5.92 Å². The van der Waals surface area contributed by atoms with Gasteiger partial charge in [0.15, 0.2) is 0 Å². The Bertz CT molecular complexity index is 183. The first-order valence-electron chi connectivity index (χ1n) is 4.22. The molecule has 2 atom stereocenters. The summed E-state index contributed by atoms with van der Waals surface area (Å²) in [5.74, 6) is 0.431. The van der Waals surface area contributed by atoms with Crippen molar-refractivity contribution in [1.82, 2.24) is 0 Å². The van der Waals surface area contributed by atoms with Gasteiger partial charge in [0.2, 0.25) is 0 Å². The van der Waals surface area contributed by atoms with Crippen LogP contribution in [0.3, 0.4) is 0 Å². The molecule has 1 saturated carbocycles. The zero-order chi connectivity index (χ0) is 8.48. The first-order chi connectivity index (χ1) is 5.10. The average Bonchev–Trinajstić information content (AvgIpc) is 2.32. The van der Waals surface area contributed by atoms with Gasteiger partial charge in [-0.25, -0.2) is 0 Å². The predicted octanol–water partition coefficient (Wildman–Crippen LogP) is 2.57. The minimum Gasteiger partial charge on any atom is -0.303 e. The fraction of sp³-hybridized carbons (Fsp3) is 0.700. The second kappa shape index (κ2) is 2.80. The van der Waals surface area contributed by atoms with Crippen LogP contribution < -0.4 is 0 Å². The van der Waals surface area contributed by atoms with Crippen molar-refractivity contribution in [1.29, 1.82) is 0 Å². The highest BCUT2D eigenvalue weighted by molar-refractivity contribution is 5.60. The van der Waals surface area contributed by atoms with E-state index in [1.54, 1.807) is 0 Å². The third-order valence-corrected chi connectivity index (χ3v) is 2.87. The topological polar surface area (TPSA) is 17.1 Å². The van der Waals surface area contributed by atoms with Crippen LogP contribution in [0.4, 0.5) is 0 Å². The van der Waals surface area contributed by atoms with Gasteiger partial charge < -0.3 is 4.79 Å². The molecule has 0 aromatic rings. The molecule has 1 aliphatic carbocycles. The molecule has 0 aromatic carbocycles. The van der Waals surface area contributed by atoms with Crippen LogP contribution in [0.15, 0.2) is 12.2 Å². The molecule has 1 rings (SSSR count). The van der Waals surface area contributed by atoms with Crippen LogP contribution >= 0.6 is 0 Å². The predicted molar refractivity (Wildman–Crippen MR) is 46.3 cm³/mol. The van der Waals surface area contributed by atoms with Crippen molar-refractivity contribution in [2.24, 2.45) is 11.3 Å². The summed E-state index contributed by atoms with van der Waals surface area (Å²) in [5.41, 5.74) is 1.06. The number of hydrogen-bond donors (Lipinski definition) is 0. The molecular formula is C10H16O. The van der Waals surface area contributed by atoms with E-state index in [0.717, 1.165) is 24.7 Å². The SMILES string of the molecule is C=C(C)C1CCCC1(C)C=O. The van der Waals surface area contributed by atoms with Gasteiger partial charge in [-0.15, -0.1) is 0 Å². The molecule has 0 aromatic heterocycles. The van der Waals surface area contributed by atoms with Crippen molar-refractivity contribution < 1.29 is 4.79 Å². The fourth-order valence-electron chi connectivity index (χ4n) is 2.14. The Hall–Kier alpha value is -0.590. The molecule has 1 fully saturated rings. The normalized spacial score (nSPS) is 37.1. The molecule has 1 heteroatoms. The Morgan fingerprint density at radius 3 is 2.73 bits per heavy atom. The summed E-state index contributed by atoms with van der Waals surface area (Å²) >= 11 is 0. The quantitative estimate of drug-likeness (QED) is 0.439. The van der Waals surface area contributed by atoms with Crippen LogP contribution in [0.5, 0.6) is 0 Å². The average molecular weight is 152 g/mol. The highest BCUT2D eigenvalue weighted by Gasteiger charge is 2.38. The summed E-state index contributed by atoms with van der Waals surface area (Å²) in [4.78, 5) is 10.8. The van der Waals surface area contributed by atoms with Gasteiger partial charge in [-0.2, -0.15) is 0 Å². The second-order valence-electron chi connectivity index (χ2n) is 3.91. The first-order valence-corrected chi connectivity index (χ1v) is 4.22. The highest BCUT2D eigenvalue weighted by Crippen LogP contribution is 2.44. The van der Waals surface area contributed by atoms with Crippen molar-refractivity contribution in [3.8, 4) is 0 Å². The molecule has 0 radical (unpaired) electrons. The molecular weight excluding hydrogens is 136 g/mol. The molecule has 0 aliphatic heterocycles. The summed E-state index contributed by atoms with van der Waals surface area (Å²) in [5, 5.41) is 0. The van der Waals surface area contributed by atoms with Crippen LogP contribution in [0, 0.1) is 11.3 Å². The largest absolute Gasteiger partial charge is 0.303 e. The van der Waals surface area contributed by atoms with E-state index >= 15 is 0 Å². The Kier molecular flexibility index (Phi) is 2.17. The van der Waals surface area contributed by atoms with E-state index in [-0.39, 0.29) is 5.41 Å². The Balaban J connectivity index is 2.80. The number of allylic oxidation sites excluding steroid dienone is 1. The van der Waals surface area contributed by atoms with Crippen LogP contribution in [-0.2, 0) is 4.79 Å². The molecule has 2 unspecified atom stereocenters. The molecule has 11 heavy (non-hydrogen) atoms. The summed E-state index contributed by atoms with van der Waals surface area (Å²) in [6, 6.07) is 0. The van der Waals surface area contributed by atoms with Gasteiger partial charge in [0.25, 0.3) is 0 Å². The van der Waals surface area contributed by atoms with E-state index < -0.39 is 0 Å². The van der Waals surface area contributed by atoms with E-state index in [9.17, 15) is 4.79 Å². The highest BCUT2D eigenvalue weighted by atomic mass is 16.1. The smallest absolute Gasteiger partial charge is 0.126 e. The summed E-state index contributed by atoms with van der Waals surface area (Å²) in [7, 11) is 0. The third-order valence-electron chi connectivity index (χ3n) is 2.87. The van der Waals surface area contributed by atoms with Crippen molar-refractivity contribution in [2.75, 3.05) is 0 Å².